The summed E-state index contributed by atoms with van der Waals surface area (Å²) in [7, 11) is 0. The molecule has 0 aromatic rings. The van der Waals surface area contributed by atoms with Gasteiger partial charge in [-0.05, 0) is 31.0 Å². The fourth-order valence-corrected chi connectivity index (χ4v) is 1.09. The quantitative estimate of drug-likeness (QED) is 0.742. The second kappa shape index (κ2) is 4.82. The molecule has 4 heteroatoms. The van der Waals surface area contributed by atoms with Gasteiger partial charge in [0.25, 0.3) is 0 Å². The van der Waals surface area contributed by atoms with Crippen molar-refractivity contribution in [2.45, 2.75) is 12.8 Å². The second-order valence-electron chi connectivity index (χ2n) is 3.02. The molecule has 12 heavy (non-hydrogen) atoms. The first-order valence-corrected chi connectivity index (χ1v) is 5.23. The summed E-state index contributed by atoms with van der Waals surface area (Å²) in [5.41, 5.74) is 0. The van der Waals surface area contributed by atoms with E-state index in [0.29, 0.717) is 6.54 Å². The fourth-order valence-electron chi connectivity index (χ4n) is 0.798. The summed E-state index contributed by atoms with van der Waals surface area (Å²) < 4.78 is 0.915. The van der Waals surface area contributed by atoms with Crippen LogP contribution in [0.2, 0.25) is 0 Å². The third-order valence-corrected chi connectivity index (χ3v) is 2.26. The largest absolute Gasteiger partial charge is 0.362 e. The summed E-state index contributed by atoms with van der Waals surface area (Å²) in [5, 5.41) is 6.92. The minimum atomic E-state index is 0.691. The predicted molar refractivity (Wildman–Crippen MR) is 59.4 cm³/mol. The van der Waals surface area contributed by atoms with Crippen LogP contribution in [0.3, 0.4) is 0 Å². The smallest absolute Gasteiger partial charge is 0.166 e. The Labute approximate surface area is 86.9 Å². The second-order valence-corrected chi connectivity index (χ2v) is 4.55. The van der Waals surface area contributed by atoms with Crippen molar-refractivity contribution in [3.8, 4) is 0 Å². The van der Waals surface area contributed by atoms with Gasteiger partial charge in [0.15, 0.2) is 5.11 Å². The van der Waals surface area contributed by atoms with E-state index in [1.54, 1.807) is 0 Å². The molecule has 0 aromatic carbocycles. The molecule has 1 aliphatic rings. The maximum absolute atomic E-state index is 5.03. The topological polar surface area (TPSA) is 24.1 Å². The molecule has 1 aliphatic carbocycles. The highest BCUT2D eigenvalue weighted by Gasteiger charge is 2.20. The molecule has 0 bridgehead atoms. The highest BCUT2D eigenvalue weighted by Crippen LogP contribution is 2.27. The molecular formula is C8H13BrN2S. The Morgan fingerprint density at radius 2 is 2.17 bits per heavy atom. The number of thiocarbonyl (C=S) groups is 1. The molecule has 2 nitrogen and oxygen atoms in total. The highest BCUT2D eigenvalue weighted by molar-refractivity contribution is 9.11. The van der Waals surface area contributed by atoms with Gasteiger partial charge in [-0.1, -0.05) is 22.5 Å². The van der Waals surface area contributed by atoms with E-state index in [9.17, 15) is 0 Å². The molecule has 1 rings (SSSR count). The molecule has 68 valence electrons. The first kappa shape index (κ1) is 9.99. The number of halogens is 1. The normalized spacial score (nSPS) is 15.4. The van der Waals surface area contributed by atoms with Crippen LogP contribution in [0.15, 0.2) is 11.1 Å². The number of hydrogen-bond donors (Lipinski definition) is 2. The van der Waals surface area contributed by atoms with Gasteiger partial charge < -0.3 is 10.6 Å². The Bertz CT molecular complexity index is 189. The summed E-state index contributed by atoms with van der Waals surface area (Å²) in [6, 6.07) is 0. The molecule has 0 spiro atoms. The minimum absolute atomic E-state index is 0.691. The van der Waals surface area contributed by atoms with Crippen LogP contribution in [0.5, 0.6) is 0 Å². The van der Waals surface area contributed by atoms with Crippen molar-refractivity contribution < 1.29 is 0 Å². The number of nitrogens with one attached hydrogen (secondary N) is 2. The van der Waals surface area contributed by atoms with Crippen molar-refractivity contribution in [2.75, 3.05) is 13.1 Å². The third kappa shape index (κ3) is 4.72. The maximum atomic E-state index is 5.03. The first-order valence-electron chi connectivity index (χ1n) is 4.03. The van der Waals surface area contributed by atoms with Gasteiger partial charge in [0.2, 0.25) is 0 Å². The van der Waals surface area contributed by atoms with Crippen LogP contribution in [0, 0.1) is 5.92 Å². The van der Waals surface area contributed by atoms with Crippen LogP contribution < -0.4 is 10.6 Å². The minimum Gasteiger partial charge on any atom is -0.362 e. The Balaban J connectivity index is 1.98. The van der Waals surface area contributed by atoms with Crippen molar-refractivity contribution in [3.05, 3.63) is 11.1 Å². The van der Waals surface area contributed by atoms with Crippen molar-refractivity contribution in [3.63, 3.8) is 0 Å². The SMILES string of the molecule is C=C(Br)CNC(=S)NCC1CC1. The van der Waals surface area contributed by atoms with Gasteiger partial charge in [0.05, 0.1) is 0 Å². The van der Waals surface area contributed by atoms with Gasteiger partial charge in [-0.3, -0.25) is 0 Å². The fraction of sp³-hybridized carbons (Fsp3) is 0.625. The monoisotopic (exact) mass is 248 g/mol. The number of hydrogen-bond acceptors (Lipinski definition) is 1. The van der Waals surface area contributed by atoms with E-state index in [1.807, 2.05) is 0 Å². The molecule has 0 radical (unpaired) electrons. The molecule has 2 N–H and O–H groups in total. The van der Waals surface area contributed by atoms with Gasteiger partial charge in [-0.2, -0.15) is 0 Å². The molecule has 1 saturated carbocycles. The Hall–Kier alpha value is -0.0900. The van der Waals surface area contributed by atoms with E-state index < -0.39 is 0 Å². The van der Waals surface area contributed by atoms with E-state index >= 15 is 0 Å². The summed E-state index contributed by atoms with van der Waals surface area (Å²) in [6.07, 6.45) is 2.70. The molecule has 0 atom stereocenters. The van der Waals surface area contributed by atoms with Crippen LogP contribution >= 0.6 is 28.1 Å². The zero-order valence-corrected chi connectivity index (χ0v) is 9.30. The lowest BCUT2D eigenvalue weighted by Gasteiger charge is -2.08. The van der Waals surface area contributed by atoms with E-state index in [1.165, 1.54) is 12.8 Å². The van der Waals surface area contributed by atoms with Crippen molar-refractivity contribution in [1.82, 2.24) is 10.6 Å². The lowest BCUT2D eigenvalue weighted by molar-refractivity contribution is 0.760. The van der Waals surface area contributed by atoms with Gasteiger partial charge in [0, 0.05) is 17.6 Å². The van der Waals surface area contributed by atoms with Gasteiger partial charge in [0.1, 0.15) is 0 Å². The van der Waals surface area contributed by atoms with Gasteiger partial charge >= 0.3 is 0 Å². The standard InChI is InChI=1S/C8H13BrN2S/c1-6(9)4-10-8(12)11-5-7-2-3-7/h7H,1-5H2,(H2,10,11,12). The van der Waals surface area contributed by atoms with Crippen LogP contribution in [0.4, 0.5) is 0 Å². The van der Waals surface area contributed by atoms with Crippen molar-refractivity contribution >= 4 is 33.3 Å². The Morgan fingerprint density at radius 1 is 1.50 bits per heavy atom. The Morgan fingerprint density at radius 3 is 2.67 bits per heavy atom. The first-order chi connectivity index (χ1) is 5.68. The molecule has 0 heterocycles. The molecule has 0 aromatic heterocycles. The van der Waals surface area contributed by atoms with Crippen LogP contribution in [0.1, 0.15) is 12.8 Å². The number of rotatable bonds is 4. The maximum Gasteiger partial charge on any atom is 0.166 e. The highest BCUT2D eigenvalue weighted by atomic mass is 79.9. The summed E-state index contributed by atoms with van der Waals surface area (Å²) in [5.74, 6) is 0.858. The molecular weight excluding hydrogens is 236 g/mol. The molecule has 1 fully saturated rings. The average Bonchev–Trinajstić information content (AvgIpc) is 2.80. The van der Waals surface area contributed by atoms with Crippen molar-refractivity contribution in [1.29, 1.82) is 0 Å². The molecule has 0 aliphatic heterocycles. The summed E-state index contributed by atoms with van der Waals surface area (Å²) >= 11 is 8.29. The molecule has 0 amide bonds. The van der Waals surface area contributed by atoms with E-state index in [-0.39, 0.29) is 0 Å². The average molecular weight is 249 g/mol. The summed E-state index contributed by atoms with van der Waals surface area (Å²) in [4.78, 5) is 0. The van der Waals surface area contributed by atoms with Gasteiger partial charge in [-0.25, -0.2) is 0 Å². The third-order valence-electron chi connectivity index (χ3n) is 1.69. The van der Waals surface area contributed by atoms with Crippen LogP contribution in [-0.4, -0.2) is 18.2 Å². The lowest BCUT2D eigenvalue weighted by Crippen LogP contribution is -2.36. The molecule has 0 saturated heterocycles. The van der Waals surface area contributed by atoms with E-state index in [0.717, 1.165) is 22.1 Å². The predicted octanol–water partition coefficient (Wildman–Crippen LogP) is 1.77. The zero-order valence-electron chi connectivity index (χ0n) is 6.90. The van der Waals surface area contributed by atoms with E-state index in [4.69, 9.17) is 12.2 Å². The molecule has 0 unspecified atom stereocenters. The lowest BCUT2D eigenvalue weighted by atomic mass is 10.4. The zero-order chi connectivity index (χ0) is 8.97. The summed E-state index contributed by atoms with van der Waals surface area (Å²) in [6.45, 7) is 5.41. The van der Waals surface area contributed by atoms with E-state index in [2.05, 4.69) is 33.1 Å². The van der Waals surface area contributed by atoms with Crippen LogP contribution in [0.25, 0.3) is 0 Å². The Kier molecular flexibility index (Phi) is 4.01. The van der Waals surface area contributed by atoms with Crippen LogP contribution in [-0.2, 0) is 0 Å². The van der Waals surface area contributed by atoms with Gasteiger partial charge in [-0.15, -0.1) is 0 Å². The van der Waals surface area contributed by atoms with Crippen molar-refractivity contribution in [2.24, 2.45) is 5.92 Å².